The van der Waals surface area contributed by atoms with Crippen LogP contribution in [0.4, 0.5) is 0 Å². The number of hydrogen-bond acceptors (Lipinski definition) is 2. The third-order valence-corrected chi connectivity index (χ3v) is 4.39. The highest BCUT2D eigenvalue weighted by Crippen LogP contribution is 2.29. The summed E-state index contributed by atoms with van der Waals surface area (Å²) in [4.78, 5) is 0. The molecular formula is C15H21BrO2. The Morgan fingerprint density at radius 2 is 2.22 bits per heavy atom. The molecule has 0 amide bonds. The second kappa shape index (κ2) is 7.27. The molecule has 3 heteroatoms. The molecule has 100 valence electrons. The Labute approximate surface area is 117 Å². The fourth-order valence-electron chi connectivity index (χ4n) is 2.62. The van der Waals surface area contributed by atoms with Crippen LogP contribution in [-0.4, -0.2) is 24.4 Å². The maximum atomic E-state index is 9.54. The second-order valence-corrected chi connectivity index (χ2v) is 5.82. The minimum absolute atomic E-state index is 0.216. The van der Waals surface area contributed by atoms with Crippen LogP contribution < -0.4 is 0 Å². The first-order chi connectivity index (χ1) is 8.81. The highest BCUT2D eigenvalue weighted by Gasteiger charge is 2.17. The average molecular weight is 313 g/mol. The van der Waals surface area contributed by atoms with Crippen molar-refractivity contribution >= 4 is 15.9 Å². The molecule has 0 bridgehead atoms. The topological polar surface area (TPSA) is 29.5 Å². The van der Waals surface area contributed by atoms with E-state index in [1.807, 2.05) is 18.2 Å². The van der Waals surface area contributed by atoms with Gasteiger partial charge in [0.2, 0.25) is 0 Å². The van der Waals surface area contributed by atoms with Crippen LogP contribution in [0.5, 0.6) is 0 Å². The number of benzene rings is 1. The smallest absolute Gasteiger partial charge is 0.0576 e. The highest BCUT2D eigenvalue weighted by atomic mass is 79.9. The number of rotatable bonds is 6. The lowest BCUT2D eigenvalue weighted by Gasteiger charge is -2.17. The molecule has 1 saturated heterocycles. The minimum atomic E-state index is 0.216. The number of aliphatic hydroxyl groups excluding tert-OH is 1. The fraction of sp³-hybridized carbons (Fsp3) is 0.600. The van der Waals surface area contributed by atoms with Crippen molar-refractivity contribution in [2.24, 2.45) is 0 Å². The van der Waals surface area contributed by atoms with Crippen molar-refractivity contribution in [1.82, 2.24) is 0 Å². The summed E-state index contributed by atoms with van der Waals surface area (Å²) in [6.07, 6.45) is 6.15. The Balaban J connectivity index is 1.83. The van der Waals surface area contributed by atoms with Crippen LogP contribution in [-0.2, 0) is 4.74 Å². The van der Waals surface area contributed by atoms with E-state index in [1.165, 1.54) is 18.4 Å². The minimum Gasteiger partial charge on any atom is -0.396 e. The lowest BCUT2D eigenvalue weighted by atomic mass is 9.93. The zero-order valence-corrected chi connectivity index (χ0v) is 12.2. The molecule has 0 aromatic heterocycles. The first kappa shape index (κ1) is 14.0. The molecule has 1 aliphatic heterocycles. The first-order valence-electron chi connectivity index (χ1n) is 6.78. The third kappa shape index (κ3) is 3.81. The normalized spacial score (nSPS) is 21.1. The average Bonchev–Trinajstić information content (AvgIpc) is 2.89. The summed E-state index contributed by atoms with van der Waals surface area (Å²) in [5, 5.41) is 9.54. The van der Waals surface area contributed by atoms with Gasteiger partial charge in [-0.3, -0.25) is 0 Å². The molecule has 2 unspecified atom stereocenters. The van der Waals surface area contributed by atoms with Crippen molar-refractivity contribution in [2.45, 2.75) is 44.1 Å². The van der Waals surface area contributed by atoms with Crippen LogP contribution in [0.2, 0.25) is 0 Å². The molecule has 2 rings (SSSR count). The summed E-state index contributed by atoms with van der Waals surface area (Å²) in [5.41, 5.74) is 1.22. The summed E-state index contributed by atoms with van der Waals surface area (Å²) in [6.45, 7) is 1.15. The molecule has 2 nitrogen and oxygen atoms in total. The van der Waals surface area contributed by atoms with E-state index in [1.54, 1.807) is 0 Å². The van der Waals surface area contributed by atoms with Gasteiger partial charge in [-0.25, -0.2) is 0 Å². The van der Waals surface area contributed by atoms with E-state index >= 15 is 0 Å². The van der Waals surface area contributed by atoms with Crippen molar-refractivity contribution in [3.8, 4) is 0 Å². The van der Waals surface area contributed by atoms with Gasteiger partial charge in [0.15, 0.2) is 0 Å². The molecule has 1 aromatic carbocycles. The van der Waals surface area contributed by atoms with E-state index in [2.05, 4.69) is 22.0 Å². The third-order valence-electron chi connectivity index (χ3n) is 3.67. The second-order valence-electron chi connectivity index (χ2n) is 4.97. The van der Waals surface area contributed by atoms with Crippen LogP contribution in [0.15, 0.2) is 28.7 Å². The monoisotopic (exact) mass is 312 g/mol. The zero-order chi connectivity index (χ0) is 12.8. The van der Waals surface area contributed by atoms with Crippen molar-refractivity contribution < 1.29 is 9.84 Å². The van der Waals surface area contributed by atoms with Crippen molar-refractivity contribution in [3.05, 3.63) is 34.3 Å². The molecule has 1 aromatic rings. The van der Waals surface area contributed by atoms with Gasteiger partial charge in [0.05, 0.1) is 6.10 Å². The molecule has 18 heavy (non-hydrogen) atoms. The van der Waals surface area contributed by atoms with Crippen LogP contribution >= 0.6 is 15.9 Å². The summed E-state index contributed by atoms with van der Waals surface area (Å²) in [6, 6.07) is 8.17. The van der Waals surface area contributed by atoms with Crippen LogP contribution in [0.25, 0.3) is 0 Å². The van der Waals surface area contributed by atoms with Gasteiger partial charge in [-0.1, -0.05) is 40.5 Å². The van der Waals surface area contributed by atoms with E-state index < -0.39 is 0 Å². The molecule has 1 fully saturated rings. The van der Waals surface area contributed by atoms with Gasteiger partial charge in [-0.15, -0.1) is 0 Å². The molecule has 0 aliphatic carbocycles. The summed E-state index contributed by atoms with van der Waals surface area (Å²) < 4.78 is 6.72. The summed E-state index contributed by atoms with van der Waals surface area (Å²) in [7, 11) is 0. The Bertz CT molecular complexity index is 361. The van der Waals surface area contributed by atoms with Gasteiger partial charge in [0.1, 0.15) is 0 Å². The Kier molecular flexibility index (Phi) is 5.67. The first-order valence-corrected chi connectivity index (χ1v) is 7.57. The number of halogens is 1. The molecule has 0 saturated carbocycles. The highest BCUT2D eigenvalue weighted by molar-refractivity contribution is 9.10. The number of ether oxygens (including phenoxy) is 1. The zero-order valence-electron chi connectivity index (χ0n) is 10.6. The molecule has 1 heterocycles. The largest absolute Gasteiger partial charge is 0.396 e. The van der Waals surface area contributed by atoms with Gasteiger partial charge in [-0.05, 0) is 37.3 Å². The number of hydrogen-bond donors (Lipinski definition) is 1. The van der Waals surface area contributed by atoms with Crippen molar-refractivity contribution in [1.29, 1.82) is 0 Å². The standard InChI is InChI=1S/C15H21BrO2/c16-15-9-2-1-8-14(15)12(11-17)5-3-6-13-7-4-10-18-13/h1-2,8-9,12-13,17H,3-7,10-11H2. The fourth-order valence-corrected chi connectivity index (χ4v) is 3.22. The molecule has 0 radical (unpaired) electrons. The number of aliphatic hydroxyl groups is 1. The maximum absolute atomic E-state index is 9.54. The van der Waals surface area contributed by atoms with Crippen molar-refractivity contribution in [2.75, 3.05) is 13.2 Å². The van der Waals surface area contributed by atoms with Gasteiger partial charge in [-0.2, -0.15) is 0 Å². The quantitative estimate of drug-likeness (QED) is 0.864. The van der Waals surface area contributed by atoms with Crippen molar-refractivity contribution in [3.63, 3.8) is 0 Å². The van der Waals surface area contributed by atoms with E-state index in [-0.39, 0.29) is 12.5 Å². The maximum Gasteiger partial charge on any atom is 0.0576 e. The van der Waals surface area contributed by atoms with Gasteiger partial charge < -0.3 is 9.84 Å². The van der Waals surface area contributed by atoms with Gasteiger partial charge in [0, 0.05) is 23.6 Å². The predicted molar refractivity (Wildman–Crippen MR) is 76.8 cm³/mol. The Morgan fingerprint density at radius 1 is 1.39 bits per heavy atom. The predicted octanol–water partition coefficient (Wildman–Crippen LogP) is 3.87. The van der Waals surface area contributed by atoms with E-state index in [9.17, 15) is 5.11 Å². The lowest BCUT2D eigenvalue weighted by Crippen LogP contribution is -2.08. The van der Waals surface area contributed by atoms with Crippen LogP contribution in [0.3, 0.4) is 0 Å². The molecule has 1 aliphatic rings. The van der Waals surface area contributed by atoms with E-state index in [4.69, 9.17) is 4.74 Å². The van der Waals surface area contributed by atoms with Crippen LogP contribution in [0, 0.1) is 0 Å². The van der Waals surface area contributed by atoms with E-state index in [0.717, 1.165) is 30.3 Å². The molecule has 1 N–H and O–H groups in total. The Hall–Kier alpha value is -0.380. The van der Waals surface area contributed by atoms with Gasteiger partial charge in [0.25, 0.3) is 0 Å². The summed E-state index contributed by atoms with van der Waals surface area (Å²) >= 11 is 3.56. The van der Waals surface area contributed by atoms with E-state index in [0.29, 0.717) is 6.10 Å². The van der Waals surface area contributed by atoms with Gasteiger partial charge >= 0.3 is 0 Å². The molecule has 2 atom stereocenters. The molecular weight excluding hydrogens is 292 g/mol. The molecule has 0 spiro atoms. The lowest BCUT2D eigenvalue weighted by molar-refractivity contribution is 0.101. The Morgan fingerprint density at radius 3 is 2.89 bits per heavy atom. The summed E-state index contributed by atoms with van der Waals surface area (Å²) in [5.74, 6) is 0.238. The van der Waals surface area contributed by atoms with Crippen LogP contribution in [0.1, 0.15) is 43.6 Å². The SMILES string of the molecule is OCC(CCCC1CCCO1)c1ccccc1Br.